The first-order chi connectivity index (χ1) is 8.86. The standard InChI is InChI=1S/C15H25N3O/c1-6-18(12(3)10-17(4)5)15(19)13-8-7-11(2)14(16)9-13/h7-9,12H,6,10,16H2,1-5H3. The van der Waals surface area contributed by atoms with Crippen LogP contribution in [0.1, 0.15) is 29.8 Å². The molecule has 0 aliphatic carbocycles. The second-order valence-electron chi connectivity index (χ2n) is 5.27. The monoisotopic (exact) mass is 263 g/mol. The Labute approximate surface area is 116 Å². The van der Waals surface area contributed by atoms with E-state index in [1.54, 1.807) is 6.07 Å². The van der Waals surface area contributed by atoms with Gasteiger partial charge in [-0.1, -0.05) is 6.07 Å². The molecule has 0 aliphatic heterocycles. The van der Waals surface area contributed by atoms with E-state index >= 15 is 0 Å². The quantitative estimate of drug-likeness (QED) is 0.827. The maximum Gasteiger partial charge on any atom is 0.254 e. The van der Waals surface area contributed by atoms with Crippen LogP contribution in [-0.2, 0) is 0 Å². The predicted molar refractivity (Wildman–Crippen MR) is 80.3 cm³/mol. The van der Waals surface area contributed by atoms with Gasteiger partial charge in [-0.05, 0) is 52.6 Å². The summed E-state index contributed by atoms with van der Waals surface area (Å²) in [7, 11) is 4.03. The molecular formula is C15H25N3O. The number of hydrogen-bond acceptors (Lipinski definition) is 3. The summed E-state index contributed by atoms with van der Waals surface area (Å²) < 4.78 is 0. The van der Waals surface area contributed by atoms with Crippen molar-refractivity contribution in [3.63, 3.8) is 0 Å². The Morgan fingerprint density at radius 1 is 1.37 bits per heavy atom. The summed E-state index contributed by atoms with van der Waals surface area (Å²) in [4.78, 5) is 16.5. The molecule has 1 atom stereocenters. The number of nitrogens with two attached hydrogens (primary N) is 1. The van der Waals surface area contributed by atoms with Gasteiger partial charge in [0.2, 0.25) is 0 Å². The lowest BCUT2D eigenvalue weighted by molar-refractivity contribution is 0.0679. The van der Waals surface area contributed by atoms with Gasteiger partial charge in [0.05, 0.1) is 0 Å². The third-order valence-corrected chi connectivity index (χ3v) is 3.29. The van der Waals surface area contributed by atoms with Crippen molar-refractivity contribution in [1.82, 2.24) is 9.80 Å². The summed E-state index contributed by atoms with van der Waals surface area (Å²) >= 11 is 0. The zero-order chi connectivity index (χ0) is 14.6. The average Bonchev–Trinajstić information content (AvgIpc) is 2.32. The third-order valence-electron chi connectivity index (χ3n) is 3.29. The van der Waals surface area contributed by atoms with Gasteiger partial charge < -0.3 is 15.5 Å². The molecule has 4 nitrogen and oxygen atoms in total. The second kappa shape index (κ2) is 6.57. The van der Waals surface area contributed by atoms with Crippen LogP contribution >= 0.6 is 0 Å². The molecule has 1 unspecified atom stereocenters. The number of anilines is 1. The number of likely N-dealkylation sites (N-methyl/N-ethyl adjacent to an activating group) is 2. The number of nitrogens with zero attached hydrogens (tertiary/aromatic N) is 2. The fourth-order valence-corrected chi connectivity index (χ4v) is 2.22. The van der Waals surface area contributed by atoms with Crippen molar-refractivity contribution in [2.75, 3.05) is 32.9 Å². The van der Waals surface area contributed by atoms with Crippen molar-refractivity contribution in [2.24, 2.45) is 0 Å². The first kappa shape index (κ1) is 15.5. The molecule has 0 heterocycles. The molecule has 0 radical (unpaired) electrons. The van der Waals surface area contributed by atoms with Crippen LogP contribution in [0.3, 0.4) is 0 Å². The Morgan fingerprint density at radius 3 is 2.47 bits per heavy atom. The van der Waals surface area contributed by atoms with Gasteiger partial charge in [0, 0.05) is 30.4 Å². The molecule has 106 valence electrons. The largest absolute Gasteiger partial charge is 0.398 e. The van der Waals surface area contributed by atoms with Gasteiger partial charge in [0.15, 0.2) is 0 Å². The molecule has 0 aliphatic rings. The molecular weight excluding hydrogens is 238 g/mol. The lowest BCUT2D eigenvalue weighted by Crippen LogP contribution is -2.43. The van der Waals surface area contributed by atoms with Crippen LogP contribution in [0.25, 0.3) is 0 Å². The van der Waals surface area contributed by atoms with E-state index in [9.17, 15) is 4.79 Å². The lowest BCUT2D eigenvalue weighted by Gasteiger charge is -2.30. The molecule has 0 saturated heterocycles. The number of carbonyl (C=O) groups excluding carboxylic acids is 1. The number of aryl methyl sites for hydroxylation is 1. The van der Waals surface area contributed by atoms with E-state index in [0.717, 1.165) is 12.1 Å². The van der Waals surface area contributed by atoms with Gasteiger partial charge >= 0.3 is 0 Å². The molecule has 0 saturated carbocycles. The summed E-state index contributed by atoms with van der Waals surface area (Å²) in [5, 5.41) is 0. The number of carbonyl (C=O) groups is 1. The van der Waals surface area contributed by atoms with Crippen LogP contribution in [0.15, 0.2) is 18.2 Å². The van der Waals surface area contributed by atoms with Crippen LogP contribution in [0.2, 0.25) is 0 Å². The maximum absolute atomic E-state index is 12.5. The molecule has 19 heavy (non-hydrogen) atoms. The number of rotatable bonds is 5. The third kappa shape index (κ3) is 3.96. The van der Waals surface area contributed by atoms with Crippen LogP contribution in [0, 0.1) is 6.92 Å². The molecule has 4 heteroatoms. The Balaban J connectivity index is 2.91. The first-order valence-corrected chi connectivity index (χ1v) is 6.68. The Kier molecular flexibility index (Phi) is 5.36. The van der Waals surface area contributed by atoms with Crippen molar-refractivity contribution in [1.29, 1.82) is 0 Å². The minimum atomic E-state index is 0.0450. The first-order valence-electron chi connectivity index (χ1n) is 6.68. The number of amides is 1. The Bertz CT molecular complexity index is 443. The van der Waals surface area contributed by atoms with Gasteiger partial charge in [-0.15, -0.1) is 0 Å². The molecule has 0 bridgehead atoms. The van der Waals surface area contributed by atoms with Crippen molar-refractivity contribution >= 4 is 11.6 Å². The van der Waals surface area contributed by atoms with Crippen molar-refractivity contribution in [2.45, 2.75) is 26.8 Å². The maximum atomic E-state index is 12.5. The van der Waals surface area contributed by atoms with Gasteiger partial charge in [-0.2, -0.15) is 0 Å². The summed E-state index contributed by atoms with van der Waals surface area (Å²) in [6.45, 7) is 7.55. The SMILES string of the molecule is CCN(C(=O)c1ccc(C)c(N)c1)C(C)CN(C)C. The molecule has 1 aromatic rings. The van der Waals surface area contributed by atoms with Gasteiger partial charge in [0.1, 0.15) is 0 Å². The highest BCUT2D eigenvalue weighted by molar-refractivity contribution is 5.95. The average molecular weight is 263 g/mol. The smallest absolute Gasteiger partial charge is 0.254 e. The molecule has 0 aromatic heterocycles. The van der Waals surface area contributed by atoms with E-state index in [1.165, 1.54) is 0 Å². The molecule has 2 N–H and O–H groups in total. The second-order valence-corrected chi connectivity index (χ2v) is 5.27. The zero-order valence-electron chi connectivity index (χ0n) is 12.6. The summed E-state index contributed by atoms with van der Waals surface area (Å²) in [5.74, 6) is 0.0450. The van der Waals surface area contributed by atoms with Crippen LogP contribution in [0.5, 0.6) is 0 Å². The molecule has 0 fully saturated rings. The van der Waals surface area contributed by atoms with Crippen LogP contribution < -0.4 is 5.73 Å². The van der Waals surface area contributed by atoms with E-state index < -0.39 is 0 Å². The number of hydrogen-bond donors (Lipinski definition) is 1. The minimum absolute atomic E-state index is 0.0450. The fourth-order valence-electron chi connectivity index (χ4n) is 2.22. The van der Waals surface area contributed by atoms with Crippen molar-refractivity contribution in [3.05, 3.63) is 29.3 Å². The van der Waals surface area contributed by atoms with Crippen molar-refractivity contribution < 1.29 is 4.79 Å². The summed E-state index contributed by atoms with van der Waals surface area (Å²) in [6, 6.07) is 5.68. The summed E-state index contributed by atoms with van der Waals surface area (Å²) in [6.07, 6.45) is 0. The number of nitrogen functional groups attached to an aromatic ring is 1. The minimum Gasteiger partial charge on any atom is -0.398 e. The van der Waals surface area contributed by atoms with Crippen LogP contribution in [0.4, 0.5) is 5.69 Å². The fraction of sp³-hybridized carbons (Fsp3) is 0.533. The Morgan fingerprint density at radius 2 is 2.00 bits per heavy atom. The van der Waals surface area contributed by atoms with Gasteiger partial charge in [-0.3, -0.25) is 4.79 Å². The van der Waals surface area contributed by atoms with Crippen LogP contribution in [-0.4, -0.2) is 48.9 Å². The number of benzene rings is 1. The van der Waals surface area contributed by atoms with E-state index in [0.29, 0.717) is 17.8 Å². The Hall–Kier alpha value is -1.55. The van der Waals surface area contributed by atoms with E-state index in [-0.39, 0.29) is 11.9 Å². The molecule has 1 amide bonds. The zero-order valence-corrected chi connectivity index (χ0v) is 12.6. The predicted octanol–water partition coefficient (Wildman–Crippen LogP) is 1.99. The normalized spacial score (nSPS) is 12.5. The van der Waals surface area contributed by atoms with E-state index in [1.807, 2.05) is 45.0 Å². The highest BCUT2D eigenvalue weighted by Crippen LogP contribution is 2.16. The molecule has 1 rings (SSSR count). The van der Waals surface area contributed by atoms with Gasteiger partial charge in [-0.25, -0.2) is 0 Å². The summed E-state index contributed by atoms with van der Waals surface area (Å²) in [5.41, 5.74) is 8.21. The van der Waals surface area contributed by atoms with E-state index in [2.05, 4.69) is 11.8 Å². The van der Waals surface area contributed by atoms with E-state index in [4.69, 9.17) is 5.73 Å². The molecule has 1 aromatic carbocycles. The lowest BCUT2D eigenvalue weighted by atomic mass is 10.1. The highest BCUT2D eigenvalue weighted by atomic mass is 16.2. The highest BCUT2D eigenvalue weighted by Gasteiger charge is 2.20. The molecule has 0 spiro atoms. The van der Waals surface area contributed by atoms with Crippen molar-refractivity contribution in [3.8, 4) is 0 Å². The van der Waals surface area contributed by atoms with Gasteiger partial charge in [0.25, 0.3) is 5.91 Å². The topological polar surface area (TPSA) is 49.6 Å².